The molecule has 0 saturated heterocycles. The minimum Gasteiger partial charge on any atom is -0.513 e. The standard InChI is InChI=1S/C4H4F4O4/c5-1-11-2(4(6,7)8)12-3(9)10/h2H,1H2,(H,9,10)/p-1. The zero-order valence-corrected chi connectivity index (χ0v) is 5.43. The summed E-state index contributed by atoms with van der Waals surface area (Å²) >= 11 is 0. The summed E-state index contributed by atoms with van der Waals surface area (Å²) < 4.78 is 52.2. The van der Waals surface area contributed by atoms with Crippen molar-refractivity contribution in [3.63, 3.8) is 0 Å². The zero-order valence-electron chi connectivity index (χ0n) is 5.43. The molecule has 0 aliphatic heterocycles. The fraction of sp³-hybridized carbons (Fsp3) is 0.750. The number of carbonyl (C=O) groups excluding carboxylic acids is 1. The van der Waals surface area contributed by atoms with Gasteiger partial charge in [-0.15, -0.1) is 0 Å². The third kappa shape index (κ3) is 3.96. The minimum atomic E-state index is -5.11. The van der Waals surface area contributed by atoms with Crippen LogP contribution in [0.1, 0.15) is 0 Å². The van der Waals surface area contributed by atoms with E-state index in [1.807, 2.05) is 0 Å². The molecule has 72 valence electrons. The predicted molar refractivity (Wildman–Crippen MR) is 23.4 cm³/mol. The zero-order chi connectivity index (χ0) is 9.78. The van der Waals surface area contributed by atoms with Crippen LogP contribution in [0.15, 0.2) is 0 Å². The Kier molecular flexibility index (Phi) is 3.74. The summed E-state index contributed by atoms with van der Waals surface area (Å²) in [6.07, 6.45) is -10.7. The van der Waals surface area contributed by atoms with Gasteiger partial charge in [-0.3, -0.25) is 0 Å². The van der Waals surface area contributed by atoms with Gasteiger partial charge in [-0.05, 0) is 0 Å². The minimum absolute atomic E-state index is 1.81. The first-order chi connectivity index (χ1) is 5.38. The third-order valence-electron chi connectivity index (χ3n) is 0.685. The molecule has 4 nitrogen and oxygen atoms in total. The Balaban J connectivity index is 4.13. The number of carbonyl (C=O) groups is 1. The van der Waals surface area contributed by atoms with Crippen LogP contribution < -0.4 is 5.11 Å². The van der Waals surface area contributed by atoms with E-state index in [1.165, 1.54) is 0 Å². The second-order valence-electron chi connectivity index (χ2n) is 1.52. The summed E-state index contributed by atoms with van der Waals surface area (Å²) in [6.45, 7) is -1.81. The maximum Gasteiger partial charge on any atom is 0.433 e. The Hall–Kier alpha value is -1.05. The molecule has 0 aliphatic carbocycles. The van der Waals surface area contributed by atoms with Gasteiger partial charge in [0.15, 0.2) is 6.86 Å². The van der Waals surface area contributed by atoms with Crippen molar-refractivity contribution in [3.8, 4) is 0 Å². The van der Waals surface area contributed by atoms with Crippen LogP contribution in [0.25, 0.3) is 0 Å². The molecule has 0 amide bonds. The Bertz CT molecular complexity index is 156. The Labute approximate surface area is 63.7 Å². The van der Waals surface area contributed by atoms with Crippen molar-refractivity contribution in [2.45, 2.75) is 12.5 Å². The lowest BCUT2D eigenvalue weighted by molar-refractivity contribution is -0.349. The smallest absolute Gasteiger partial charge is 0.433 e. The molecule has 0 aromatic heterocycles. The molecule has 0 radical (unpaired) electrons. The van der Waals surface area contributed by atoms with Gasteiger partial charge in [0.05, 0.1) is 0 Å². The van der Waals surface area contributed by atoms with E-state index in [0.29, 0.717) is 0 Å². The molecule has 0 bridgehead atoms. The van der Waals surface area contributed by atoms with Crippen LogP contribution in [0.4, 0.5) is 22.4 Å². The van der Waals surface area contributed by atoms with Crippen molar-refractivity contribution >= 4 is 6.16 Å². The molecule has 1 atom stereocenters. The van der Waals surface area contributed by atoms with Crippen molar-refractivity contribution in [1.29, 1.82) is 0 Å². The van der Waals surface area contributed by atoms with E-state index >= 15 is 0 Å². The third-order valence-corrected chi connectivity index (χ3v) is 0.685. The lowest BCUT2D eigenvalue weighted by atomic mass is 10.6. The summed E-state index contributed by atoms with van der Waals surface area (Å²) in [6, 6.07) is 0. The second kappa shape index (κ2) is 4.10. The van der Waals surface area contributed by atoms with Gasteiger partial charge in [0.25, 0.3) is 6.16 Å². The van der Waals surface area contributed by atoms with Gasteiger partial charge >= 0.3 is 6.18 Å². The van der Waals surface area contributed by atoms with Crippen molar-refractivity contribution in [3.05, 3.63) is 0 Å². The van der Waals surface area contributed by atoms with Crippen molar-refractivity contribution in [1.82, 2.24) is 0 Å². The van der Waals surface area contributed by atoms with Gasteiger partial charge in [-0.25, -0.2) is 4.39 Å². The molecule has 0 N–H and O–H groups in total. The monoisotopic (exact) mass is 191 g/mol. The second-order valence-corrected chi connectivity index (χ2v) is 1.52. The topological polar surface area (TPSA) is 58.6 Å². The van der Waals surface area contributed by atoms with Crippen LogP contribution in [-0.4, -0.2) is 25.5 Å². The highest BCUT2D eigenvalue weighted by Gasteiger charge is 2.40. The number of hydrogen-bond acceptors (Lipinski definition) is 4. The van der Waals surface area contributed by atoms with E-state index < -0.39 is 25.5 Å². The van der Waals surface area contributed by atoms with Gasteiger partial charge in [0.2, 0.25) is 6.29 Å². The van der Waals surface area contributed by atoms with Crippen LogP contribution >= 0.6 is 0 Å². The summed E-state index contributed by atoms with van der Waals surface area (Å²) in [5.74, 6) is 0. The molecule has 1 unspecified atom stereocenters. The van der Waals surface area contributed by atoms with Gasteiger partial charge < -0.3 is 19.4 Å². The maximum absolute atomic E-state index is 11.6. The summed E-state index contributed by atoms with van der Waals surface area (Å²) in [5, 5.41) is 9.50. The molecule has 0 aliphatic rings. The van der Waals surface area contributed by atoms with Crippen LogP contribution in [-0.2, 0) is 9.47 Å². The van der Waals surface area contributed by atoms with E-state index in [2.05, 4.69) is 9.47 Å². The lowest BCUT2D eigenvalue weighted by Crippen LogP contribution is -2.40. The van der Waals surface area contributed by atoms with Crippen LogP contribution in [0.2, 0.25) is 0 Å². The van der Waals surface area contributed by atoms with Crippen molar-refractivity contribution in [2.24, 2.45) is 0 Å². The normalized spacial score (nSPS) is 14.0. The van der Waals surface area contributed by atoms with E-state index in [-0.39, 0.29) is 0 Å². The molecule has 12 heavy (non-hydrogen) atoms. The highest BCUT2D eigenvalue weighted by atomic mass is 19.4. The van der Waals surface area contributed by atoms with Gasteiger partial charge in [0.1, 0.15) is 0 Å². The molecule has 0 fully saturated rings. The SMILES string of the molecule is O=C([O-])OC(OCF)C(F)(F)F. The molecule has 0 rings (SSSR count). The van der Waals surface area contributed by atoms with E-state index in [4.69, 9.17) is 0 Å². The summed E-state index contributed by atoms with van der Waals surface area (Å²) in [5.41, 5.74) is 0. The van der Waals surface area contributed by atoms with Crippen molar-refractivity contribution < 1.29 is 36.9 Å². The summed E-state index contributed by atoms with van der Waals surface area (Å²) in [7, 11) is 0. The van der Waals surface area contributed by atoms with Crippen LogP contribution in [0.5, 0.6) is 0 Å². The van der Waals surface area contributed by atoms with E-state index in [1.54, 1.807) is 0 Å². The molecule has 0 saturated carbocycles. The molecular formula is C4H3F4O4-. The first-order valence-corrected chi connectivity index (χ1v) is 2.50. The number of carboxylic acid groups (broad SMARTS) is 1. The Morgan fingerprint density at radius 2 is 2.00 bits per heavy atom. The predicted octanol–water partition coefficient (Wildman–Crippen LogP) is 0.178. The average Bonchev–Trinajstić information content (AvgIpc) is 1.83. The number of alkyl halides is 4. The number of rotatable bonds is 3. The Morgan fingerprint density at radius 1 is 1.50 bits per heavy atom. The molecule has 0 spiro atoms. The van der Waals surface area contributed by atoms with Gasteiger partial charge in [0, 0.05) is 0 Å². The highest BCUT2D eigenvalue weighted by molar-refractivity contribution is 5.54. The number of hydrogen-bond donors (Lipinski definition) is 0. The molecule has 8 heteroatoms. The fourth-order valence-electron chi connectivity index (χ4n) is 0.340. The number of ether oxygens (including phenoxy) is 2. The lowest BCUT2D eigenvalue weighted by Gasteiger charge is -2.22. The van der Waals surface area contributed by atoms with Crippen LogP contribution in [0.3, 0.4) is 0 Å². The van der Waals surface area contributed by atoms with Crippen LogP contribution in [0, 0.1) is 0 Å². The summed E-state index contributed by atoms with van der Waals surface area (Å²) in [4.78, 5) is 9.50. The molecule has 0 aromatic carbocycles. The number of halogens is 4. The largest absolute Gasteiger partial charge is 0.513 e. The highest BCUT2D eigenvalue weighted by Crippen LogP contribution is 2.23. The quantitative estimate of drug-likeness (QED) is 0.362. The maximum atomic E-state index is 11.6. The first-order valence-electron chi connectivity index (χ1n) is 2.50. The molecular weight excluding hydrogens is 188 g/mol. The van der Waals surface area contributed by atoms with Crippen molar-refractivity contribution in [2.75, 3.05) is 6.86 Å². The van der Waals surface area contributed by atoms with E-state index in [0.717, 1.165) is 0 Å². The van der Waals surface area contributed by atoms with E-state index in [9.17, 15) is 27.5 Å². The Morgan fingerprint density at radius 3 is 2.25 bits per heavy atom. The first kappa shape index (κ1) is 11.0. The van der Waals surface area contributed by atoms with Gasteiger partial charge in [-0.1, -0.05) is 0 Å². The molecule has 0 heterocycles. The van der Waals surface area contributed by atoms with Gasteiger partial charge in [-0.2, -0.15) is 13.2 Å². The average molecular weight is 191 g/mol. The fourth-order valence-corrected chi connectivity index (χ4v) is 0.340. The molecule has 0 aromatic rings.